The van der Waals surface area contributed by atoms with Gasteiger partial charge in [-0.05, 0) is 54.6 Å². The first kappa shape index (κ1) is 18.8. The number of aromatic nitrogens is 6. The van der Waals surface area contributed by atoms with Crippen molar-refractivity contribution in [1.82, 2.24) is 34.3 Å². The van der Waals surface area contributed by atoms with Crippen molar-refractivity contribution in [2.75, 3.05) is 0 Å². The van der Waals surface area contributed by atoms with Crippen LogP contribution in [-0.4, -0.2) is 28.2 Å². The van der Waals surface area contributed by atoms with Crippen molar-refractivity contribution in [2.24, 2.45) is 0 Å². The van der Waals surface area contributed by atoms with E-state index in [2.05, 4.69) is 15.0 Å². The van der Waals surface area contributed by atoms with Gasteiger partial charge < -0.3 is 19.4 Å². The Morgan fingerprint density at radius 1 is 0.464 bits per heavy atom. The predicted molar refractivity (Wildman–Crippen MR) is 111 cm³/mol. The lowest BCUT2D eigenvalue weighted by Crippen LogP contribution is -1.80. The first-order chi connectivity index (χ1) is 13.4. The number of nitrogens with zero attached hydrogens (tertiary/aromatic N) is 6. The van der Waals surface area contributed by atoms with E-state index in [-0.39, 0.29) is 6.15 Å². The minimum Gasteiger partial charge on any atom is -0.344 e. The quantitative estimate of drug-likeness (QED) is 0.434. The fourth-order valence-electron chi connectivity index (χ4n) is 2.65. The molecule has 6 aromatic rings. The maximum absolute atomic E-state index is 3.95. The van der Waals surface area contributed by atoms with Gasteiger partial charge in [-0.25, -0.2) is 15.0 Å². The highest BCUT2D eigenvalue weighted by atomic mass is 14.9. The molecule has 0 radical (unpaired) electrons. The molecule has 7 heteroatoms. The van der Waals surface area contributed by atoms with Crippen molar-refractivity contribution < 1.29 is 0 Å². The Morgan fingerprint density at radius 3 is 1.07 bits per heavy atom. The largest absolute Gasteiger partial charge is 0.344 e. The van der Waals surface area contributed by atoms with E-state index in [0.29, 0.717) is 0 Å². The highest BCUT2D eigenvalue weighted by Crippen LogP contribution is 2.00. The van der Waals surface area contributed by atoms with Crippen LogP contribution in [0.3, 0.4) is 0 Å². The Labute approximate surface area is 162 Å². The third-order valence-electron chi connectivity index (χ3n) is 4.00. The summed E-state index contributed by atoms with van der Waals surface area (Å²) in [6.45, 7) is 0. The van der Waals surface area contributed by atoms with Crippen molar-refractivity contribution in [3.8, 4) is 0 Å². The van der Waals surface area contributed by atoms with Crippen LogP contribution in [0.5, 0.6) is 0 Å². The van der Waals surface area contributed by atoms with Crippen LogP contribution in [0, 0.1) is 0 Å². The van der Waals surface area contributed by atoms with Crippen molar-refractivity contribution in [1.29, 1.82) is 0 Å². The van der Waals surface area contributed by atoms with Gasteiger partial charge in [0.15, 0.2) is 0 Å². The van der Waals surface area contributed by atoms with Gasteiger partial charge in [0.25, 0.3) is 0 Å². The summed E-state index contributed by atoms with van der Waals surface area (Å²) in [7, 11) is 0. The standard InChI is InChI=1S/3C7H6N2.H3N/c3*1-2-7-3-4-8-6-9(7)5-1;/h3*1-6H;1H3. The van der Waals surface area contributed by atoms with E-state index in [1.165, 1.54) is 16.6 Å². The Bertz CT molecular complexity index is 1000. The molecule has 0 aromatic carbocycles. The van der Waals surface area contributed by atoms with E-state index >= 15 is 0 Å². The van der Waals surface area contributed by atoms with Gasteiger partial charge in [0.2, 0.25) is 0 Å². The van der Waals surface area contributed by atoms with Crippen LogP contribution in [0.25, 0.3) is 16.6 Å². The smallest absolute Gasteiger partial charge is 0.0990 e. The summed E-state index contributed by atoms with van der Waals surface area (Å²) in [5.41, 5.74) is 3.56. The SMILES string of the molecule is N.c1cc2ccncn2c1.c1cc2ccncn2c1.c1cc2ccncn2c1. The fourth-order valence-corrected chi connectivity index (χ4v) is 2.65. The number of rotatable bonds is 0. The third kappa shape index (κ3) is 4.40. The Hall–Kier alpha value is -3.97. The van der Waals surface area contributed by atoms with E-state index in [1.54, 1.807) is 37.6 Å². The Kier molecular flexibility index (Phi) is 6.12. The molecule has 0 spiro atoms. The van der Waals surface area contributed by atoms with Crippen LogP contribution in [0.2, 0.25) is 0 Å². The van der Waals surface area contributed by atoms with Gasteiger partial charge in [-0.2, -0.15) is 0 Å². The molecule has 6 rings (SSSR count). The van der Waals surface area contributed by atoms with Crippen LogP contribution in [0.1, 0.15) is 0 Å². The summed E-state index contributed by atoms with van der Waals surface area (Å²) in [5, 5.41) is 0. The summed E-state index contributed by atoms with van der Waals surface area (Å²) >= 11 is 0. The monoisotopic (exact) mass is 371 g/mol. The molecule has 0 saturated carbocycles. The van der Waals surface area contributed by atoms with E-state index < -0.39 is 0 Å². The second-order valence-corrected chi connectivity index (χ2v) is 5.76. The summed E-state index contributed by atoms with van der Waals surface area (Å²) in [4.78, 5) is 11.8. The average Bonchev–Trinajstić information content (AvgIpc) is 3.48. The second-order valence-electron chi connectivity index (χ2n) is 5.76. The minimum absolute atomic E-state index is 0. The Morgan fingerprint density at radius 2 is 0.786 bits per heavy atom. The molecule has 0 atom stereocenters. The minimum atomic E-state index is 0. The molecule has 7 nitrogen and oxygen atoms in total. The van der Waals surface area contributed by atoms with E-state index in [0.717, 1.165) is 0 Å². The highest BCUT2D eigenvalue weighted by molar-refractivity contribution is 5.46. The molecule has 0 aliphatic carbocycles. The van der Waals surface area contributed by atoms with Crippen LogP contribution < -0.4 is 6.15 Å². The summed E-state index contributed by atoms with van der Waals surface area (Å²) in [5.74, 6) is 0. The summed E-state index contributed by atoms with van der Waals surface area (Å²) in [6, 6.07) is 18.0. The molecule has 0 unspecified atom stereocenters. The zero-order chi connectivity index (χ0) is 18.3. The summed E-state index contributed by atoms with van der Waals surface area (Å²) in [6.07, 6.45) is 16.6. The molecule has 0 bridgehead atoms. The van der Waals surface area contributed by atoms with Gasteiger partial charge in [-0.1, -0.05) is 0 Å². The molecule has 140 valence electrons. The molecule has 3 N–H and O–H groups in total. The predicted octanol–water partition coefficient (Wildman–Crippen LogP) is 4.16. The van der Waals surface area contributed by atoms with Gasteiger partial charge in [-0.15, -0.1) is 0 Å². The lowest BCUT2D eigenvalue weighted by atomic mass is 10.5. The van der Waals surface area contributed by atoms with Crippen molar-refractivity contribution in [3.05, 3.63) is 111 Å². The zero-order valence-corrected chi connectivity index (χ0v) is 15.3. The van der Waals surface area contributed by atoms with Gasteiger partial charge in [0, 0.05) is 53.7 Å². The van der Waals surface area contributed by atoms with E-state index in [4.69, 9.17) is 0 Å². The molecule has 0 fully saturated rings. The van der Waals surface area contributed by atoms with Gasteiger partial charge >= 0.3 is 0 Å². The second kappa shape index (κ2) is 9.11. The van der Waals surface area contributed by atoms with E-state index in [1.807, 2.05) is 86.4 Å². The lowest BCUT2D eigenvalue weighted by Gasteiger charge is -1.87. The molecular weight excluding hydrogens is 350 g/mol. The van der Waals surface area contributed by atoms with E-state index in [9.17, 15) is 0 Å². The lowest BCUT2D eigenvalue weighted by molar-refractivity contribution is 1.10. The topological polar surface area (TPSA) is 86.9 Å². The maximum Gasteiger partial charge on any atom is 0.0990 e. The van der Waals surface area contributed by atoms with Crippen LogP contribution in [0.15, 0.2) is 111 Å². The number of hydrogen-bond acceptors (Lipinski definition) is 4. The van der Waals surface area contributed by atoms with Crippen molar-refractivity contribution >= 4 is 16.6 Å². The van der Waals surface area contributed by atoms with Crippen LogP contribution in [-0.2, 0) is 0 Å². The first-order valence-electron chi connectivity index (χ1n) is 8.50. The van der Waals surface area contributed by atoms with Crippen molar-refractivity contribution in [2.45, 2.75) is 0 Å². The fraction of sp³-hybridized carbons (Fsp3) is 0. The van der Waals surface area contributed by atoms with Crippen LogP contribution in [0.4, 0.5) is 0 Å². The zero-order valence-electron chi connectivity index (χ0n) is 15.3. The van der Waals surface area contributed by atoms with Gasteiger partial charge in [0.05, 0.1) is 19.0 Å². The highest BCUT2D eigenvalue weighted by Gasteiger charge is 1.86. The molecule has 0 saturated heterocycles. The average molecular weight is 371 g/mol. The van der Waals surface area contributed by atoms with Crippen molar-refractivity contribution in [3.63, 3.8) is 0 Å². The first-order valence-corrected chi connectivity index (χ1v) is 8.50. The molecule has 6 heterocycles. The summed E-state index contributed by atoms with van der Waals surface area (Å²) < 4.78 is 5.92. The Balaban J connectivity index is 0.000000118. The maximum atomic E-state index is 3.95. The molecule has 6 aromatic heterocycles. The molecule has 0 aliphatic rings. The number of hydrogen-bond donors (Lipinski definition) is 1. The van der Waals surface area contributed by atoms with Gasteiger partial charge in [0.1, 0.15) is 0 Å². The molecular formula is C21H21N7. The van der Waals surface area contributed by atoms with Crippen LogP contribution >= 0.6 is 0 Å². The molecule has 0 amide bonds. The molecule has 0 aliphatic heterocycles. The normalized spacial score (nSPS) is 9.86. The number of fused-ring (bicyclic) bond motifs is 3. The third-order valence-corrected chi connectivity index (χ3v) is 4.00. The van der Waals surface area contributed by atoms with Gasteiger partial charge in [-0.3, -0.25) is 0 Å². The molecule has 28 heavy (non-hydrogen) atoms.